The monoisotopic (exact) mass is 505 g/mol. The Morgan fingerprint density at radius 2 is 1.78 bits per heavy atom. The molecule has 0 radical (unpaired) electrons. The van der Waals surface area contributed by atoms with Crippen LogP contribution >= 0.6 is 11.3 Å². The lowest BCUT2D eigenvalue weighted by atomic mass is 9.81. The van der Waals surface area contributed by atoms with Crippen molar-refractivity contribution in [1.82, 2.24) is 10.2 Å². The highest BCUT2D eigenvalue weighted by molar-refractivity contribution is 7.09. The summed E-state index contributed by atoms with van der Waals surface area (Å²) < 4.78 is 14.4. The van der Waals surface area contributed by atoms with Crippen LogP contribution in [0.15, 0.2) is 66.0 Å². The SMILES string of the molecule is O=C(Cc1ccc(N2C(=O)C3CCCCC3N(Cc3ccccc3F)C2=O)cc1)NCc1cccs1. The van der Waals surface area contributed by atoms with E-state index in [9.17, 15) is 18.8 Å². The molecule has 6 nitrogen and oxygen atoms in total. The molecule has 0 bridgehead atoms. The second-order valence-corrected chi connectivity index (χ2v) is 10.4. The van der Waals surface area contributed by atoms with Crippen LogP contribution in [0.5, 0.6) is 0 Å². The van der Waals surface area contributed by atoms with E-state index >= 15 is 0 Å². The van der Waals surface area contributed by atoms with Gasteiger partial charge in [0.2, 0.25) is 11.8 Å². The van der Waals surface area contributed by atoms with Crippen molar-refractivity contribution in [2.75, 3.05) is 4.90 Å². The molecule has 186 valence electrons. The highest BCUT2D eigenvalue weighted by Crippen LogP contribution is 2.37. The Morgan fingerprint density at radius 3 is 2.53 bits per heavy atom. The van der Waals surface area contributed by atoms with E-state index in [-0.39, 0.29) is 42.6 Å². The van der Waals surface area contributed by atoms with Crippen LogP contribution in [-0.4, -0.2) is 28.8 Å². The van der Waals surface area contributed by atoms with Crippen LogP contribution in [0.25, 0.3) is 0 Å². The number of halogens is 1. The Balaban J connectivity index is 1.33. The number of anilines is 1. The molecule has 1 N–H and O–H groups in total. The van der Waals surface area contributed by atoms with Crippen LogP contribution in [0.1, 0.15) is 41.7 Å². The quantitative estimate of drug-likeness (QED) is 0.475. The van der Waals surface area contributed by atoms with Crippen molar-refractivity contribution in [2.45, 2.75) is 51.2 Å². The van der Waals surface area contributed by atoms with Gasteiger partial charge in [-0.3, -0.25) is 9.59 Å². The minimum atomic E-state index is -0.423. The third kappa shape index (κ3) is 5.04. The zero-order valence-electron chi connectivity index (χ0n) is 19.9. The highest BCUT2D eigenvalue weighted by atomic mass is 32.1. The number of nitrogens with one attached hydrogen (secondary N) is 1. The molecular formula is C28H28FN3O3S. The van der Waals surface area contributed by atoms with Gasteiger partial charge in [-0.15, -0.1) is 11.3 Å². The second-order valence-electron chi connectivity index (χ2n) is 9.33. The molecule has 8 heteroatoms. The maximum atomic E-state index is 14.4. The van der Waals surface area contributed by atoms with Gasteiger partial charge in [-0.05, 0) is 48.1 Å². The van der Waals surface area contributed by atoms with E-state index in [1.54, 1.807) is 58.7 Å². The smallest absolute Gasteiger partial charge is 0.331 e. The van der Waals surface area contributed by atoms with Crippen LogP contribution in [0.3, 0.4) is 0 Å². The molecule has 1 aliphatic heterocycles. The summed E-state index contributed by atoms with van der Waals surface area (Å²) in [7, 11) is 0. The molecule has 2 aromatic carbocycles. The van der Waals surface area contributed by atoms with Crippen molar-refractivity contribution in [1.29, 1.82) is 0 Å². The summed E-state index contributed by atoms with van der Waals surface area (Å²) in [5, 5.41) is 4.87. The molecule has 1 saturated heterocycles. The Hall–Kier alpha value is -3.52. The molecule has 2 unspecified atom stereocenters. The molecule has 3 aromatic rings. The third-order valence-electron chi connectivity index (χ3n) is 7.00. The minimum Gasteiger partial charge on any atom is -0.351 e. The lowest BCUT2D eigenvalue weighted by Gasteiger charge is -2.46. The minimum absolute atomic E-state index is 0.0950. The third-order valence-corrected chi connectivity index (χ3v) is 7.88. The van der Waals surface area contributed by atoms with Gasteiger partial charge in [0.25, 0.3) is 0 Å². The molecule has 2 aliphatic rings. The predicted octanol–water partition coefficient (Wildman–Crippen LogP) is 5.27. The molecule has 5 rings (SSSR count). The molecule has 2 fully saturated rings. The van der Waals surface area contributed by atoms with Gasteiger partial charge in [-0.25, -0.2) is 14.1 Å². The number of imide groups is 1. The number of carbonyl (C=O) groups excluding carboxylic acids is 3. The van der Waals surface area contributed by atoms with Crippen molar-refractivity contribution in [3.8, 4) is 0 Å². The predicted molar refractivity (Wildman–Crippen MR) is 137 cm³/mol. The van der Waals surface area contributed by atoms with Crippen molar-refractivity contribution in [3.63, 3.8) is 0 Å². The van der Waals surface area contributed by atoms with Crippen molar-refractivity contribution in [2.24, 2.45) is 5.92 Å². The van der Waals surface area contributed by atoms with Gasteiger partial charge in [-0.2, -0.15) is 0 Å². The normalized spacial score (nSPS) is 19.8. The number of benzene rings is 2. The van der Waals surface area contributed by atoms with Crippen molar-refractivity contribution >= 4 is 34.9 Å². The molecular weight excluding hydrogens is 477 g/mol. The van der Waals surface area contributed by atoms with Crippen LogP contribution < -0.4 is 10.2 Å². The molecule has 4 amide bonds. The topological polar surface area (TPSA) is 69.7 Å². The van der Waals surface area contributed by atoms with Crippen LogP contribution in [0, 0.1) is 11.7 Å². The van der Waals surface area contributed by atoms with Gasteiger partial charge in [0.1, 0.15) is 5.82 Å². The number of hydrogen-bond acceptors (Lipinski definition) is 4. The zero-order chi connectivity index (χ0) is 25.1. The summed E-state index contributed by atoms with van der Waals surface area (Å²) in [6.07, 6.45) is 3.53. The first-order valence-electron chi connectivity index (χ1n) is 12.3. The van der Waals surface area contributed by atoms with Gasteiger partial charge < -0.3 is 10.2 Å². The average Bonchev–Trinajstić information content (AvgIpc) is 3.41. The fourth-order valence-electron chi connectivity index (χ4n) is 5.15. The lowest BCUT2D eigenvalue weighted by molar-refractivity contribution is -0.127. The lowest BCUT2D eigenvalue weighted by Crippen LogP contribution is -2.62. The largest absolute Gasteiger partial charge is 0.351 e. The first-order chi connectivity index (χ1) is 17.5. The zero-order valence-corrected chi connectivity index (χ0v) is 20.7. The summed E-state index contributed by atoms with van der Waals surface area (Å²) in [6.45, 7) is 0.616. The summed E-state index contributed by atoms with van der Waals surface area (Å²) in [5.74, 6) is -0.952. The Morgan fingerprint density at radius 1 is 1.00 bits per heavy atom. The van der Waals surface area contributed by atoms with Gasteiger partial charge in [0, 0.05) is 16.5 Å². The summed E-state index contributed by atoms with van der Waals surface area (Å²) in [5.41, 5.74) is 1.70. The fraction of sp³-hybridized carbons (Fsp3) is 0.321. The Bertz CT molecular complexity index is 1250. The Kier molecular flexibility index (Phi) is 7.13. The number of thiophene rings is 1. The standard InChI is InChI=1S/C28H28FN3O3S/c29-24-9-3-1-6-20(24)18-31-25-10-4-2-8-23(25)27(34)32(28(31)35)21-13-11-19(12-14-21)16-26(33)30-17-22-7-5-15-36-22/h1,3,5-7,9,11-15,23,25H,2,4,8,10,16-18H2,(H,30,33). The maximum Gasteiger partial charge on any atom is 0.331 e. The number of amides is 4. The number of urea groups is 1. The average molecular weight is 506 g/mol. The number of carbonyl (C=O) groups is 3. The number of fused-ring (bicyclic) bond motifs is 1. The number of rotatable bonds is 7. The summed E-state index contributed by atoms with van der Waals surface area (Å²) >= 11 is 1.59. The maximum absolute atomic E-state index is 14.4. The van der Waals surface area contributed by atoms with E-state index in [2.05, 4.69) is 5.32 Å². The molecule has 1 aromatic heterocycles. The summed E-state index contributed by atoms with van der Waals surface area (Å²) in [4.78, 5) is 43.4. The van der Waals surface area contributed by atoms with Crippen LogP contribution in [0.2, 0.25) is 0 Å². The highest BCUT2D eigenvalue weighted by Gasteiger charge is 2.47. The second kappa shape index (κ2) is 10.6. The fourth-order valence-corrected chi connectivity index (χ4v) is 5.79. The number of hydrogen-bond donors (Lipinski definition) is 1. The van der Waals surface area contributed by atoms with Gasteiger partial charge in [0.15, 0.2) is 0 Å². The van der Waals surface area contributed by atoms with E-state index < -0.39 is 6.03 Å². The molecule has 1 saturated carbocycles. The first kappa shape index (κ1) is 24.2. The first-order valence-corrected chi connectivity index (χ1v) is 13.2. The van der Waals surface area contributed by atoms with Crippen LogP contribution in [0.4, 0.5) is 14.9 Å². The van der Waals surface area contributed by atoms with E-state index in [1.165, 1.54) is 11.0 Å². The number of nitrogens with zero attached hydrogens (tertiary/aromatic N) is 2. The van der Waals surface area contributed by atoms with Gasteiger partial charge in [-0.1, -0.05) is 49.2 Å². The van der Waals surface area contributed by atoms with Gasteiger partial charge in [0.05, 0.1) is 31.1 Å². The Labute approximate surface area is 213 Å². The van der Waals surface area contributed by atoms with Crippen molar-refractivity contribution in [3.05, 3.63) is 87.9 Å². The molecule has 2 atom stereocenters. The van der Waals surface area contributed by atoms with E-state index in [1.807, 2.05) is 17.5 Å². The van der Waals surface area contributed by atoms with E-state index in [0.29, 0.717) is 24.2 Å². The van der Waals surface area contributed by atoms with E-state index in [0.717, 1.165) is 29.7 Å². The molecule has 1 aliphatic carbocycles. The summed E-state index contributed by atoms with van der Waals surface area (Å²) in [6, 6.07) is 16.7. The molecule has 0 spiro atoms. The van der Waals surface area contributed by atoms with Crippen molar-refractivity contribution < 1.29 is 18.8 Å². The molecule has 2 heterocycles. The van der Waals surface area contributed by atoms with Crippen LogP contribution in [-0.2, 0) is 29.1 Å². The van der Waals surface area contributed by atoms with E-state index in [4.69, 9.17) is 0 Å². The van der Waals surface area contributed by atoms with Gasteiger partial charge >= 0.3 is 6.03 Å². The molecule has 36 heavy (non-hydrogen) atoms.